The van der Waals surface area contributed by atoms with Gasteiger partial charge in [-0.2, -0.15) is 5.10 Å². The highest BCUT2D eigenvalue weighted by Gasteiger charge is 2.21. The molecule has 2 aromatic carbocycles. The van der Waals surface area contributed by atoms with Gasteiger partial charge in [0.25, 0.3) is 11.8 Å². The molecular formula is C28H19Cl2FN6O2. The van der Waals surface area contributed by atoms with Gasteiger partial charge < -0.3 is 10.6 Å². The average Bonchev–Trinajstić information content (AvgIpc) is 3.37. The van der Waals surface area contributed by atoms with Crippen LogP contribution in [0.2, 0.25) is 10.0 Å². The van der Waals surface area contributed by atoms with Gasteiger partial charge in [-0.15, -0.1) is 0 Å². The van der Waals surface area contributed by atoms with Gasteiger partial charge >= 0.3 is 0 Å². The van der Waals surface area contributed by atoms with E-state index in [4.69, 9.17) is 23.2 Å². The van der Waals surface area contributed by atoms with Crippen molar-refractivity contribution in [3.8, 4) is 16.9 Å². The average molecular weight is 561 g/mol. The summed E-state index contributed by atoms with van der Waals surface area (Å²) in [5.74, 6) is -1.46. The first-order valence-electron chi connectivity index (χ1n) is 11.7. The molecule has 0 bridgehead atoms. The molecule has 0 atom stereocenters. The third-order valence-electron chi connectivity index (χ3n) is 5.66. The van der Waals surface area contributed by atoms with Crippen molar-refractivity contribution in [3.63, 3.8) is 0 Å². The molecule has 0 fully saturated rings. The fraction of sp³-hybridized carbons (Fsp3) is 0.0357. The maximum absolute atomic E-state index is 14.4. The lowest BCUT2D eigenvalue weighted by molar-refractivity contribution is 0.0944. The van der Waals surface area contributed by atoms with Crippen LogP contribution in [0.3, 0.4) is 0 Å². The highest BCUT2D eigenvalue weighted by Crippen LogP contribution is 2.33. The van der Waals surface area contributed by atoms with Crippen molar-refractivity contribution in [2.75, 3.05) is 5.32 Å². The molecule has 11 heteroatoms. The van der Waals surface area contributed by atoms with Crippen molar-refractivity contribution in [2.24, 2.45) is 0 Å². The second kappa shape index (κ2) is 11.4. The first-order valence-corrected chi connectivity index (χ1v) is 12.4. The minimum absolute atomic E-state index is 0.0191. The lowest BCUT2D eigenvalue weighted by Gasteiger charge is -2.12. The zero-order valence-corrected chi connectivity index (χ0v) is 21.6. The number of hydrogen-bond acceptors (Lipinski definition) is 5. The summed E-state index contributed by atoms with van der Waals surface area (Å²) in [6, 6.07) is 21.2. The number of amides is 2. The van der Waals surface area contributed by atoms with Crippen LogP contribution in [0.15, 0.2) is 91.3 Å². The Morgan fingerprint density at radius 1 is 0.846 bits per heavy atom. The van der Waals surface area contributed by atoms with E-state index in [1.54, 1.807) is 42.6 Å². The molecule has 3 aromatic heterocycles. The zero-order chi connectivity index (χ0) is 27.4. The predicted molar refractivity (Wildman–Crippen MR) is 147 cm³/mol. The monoisotopic (exact) mass is 560 g/mol. The van der Waals surface area contributed by atoms with Gasteiger partial charge in [0, 0.05) is 24.0 Å². The Bertz CT molecular complexity index is 1660. The molecule has 194 valence electrons. The molecule has 0 unspecified atom stereocenters. The molecule has 0 aliphatic heterocycles. The molecule has 3 heterocycles. The molecule has 2 N–H and O–H groups in total. The van der Waals surface area contributed by atoms with Crippen molar-refractivity contribution in [1.82, 2.24) is 25.1 Å². The molecule has 5 aromatic rings. The topological polar surface area (TPSA) is 102 Å². The minimum atomic E-state index is -0.619. The summed E-state index contributed by atoms with van der Waals surface area (Å²) in [6.07, 6.45) is 3.05. The van der Waals surface area contributed by atoms with Gasteiger partial charge in [0.15, 0.2) is 5.69 Å². The molecule has 39 heavy (non-hydrogen) atoms. The SMILES string of the molecule is O=C(NCc1ccccn1)c1cc(NC(=O)c2cc(-c3ncccc3F)c(Cl)cc2Cl)n(-c2ccccc2)n1. The molecule has 8 nitrogen and oxygen atoms in total. The van der Waals surface area contributed by atoms with E-state index in [1.165, 1.54) is 41.2 Å². The van der Waals surface area contributed by atoms with Crippen LogP contribution in [-0.2, 0) is 6.54 Å². The van der Waals surface area contributed by atoms with Gasteiger partial charge in [0.1, 0.15) is 17.3 Å². The molecular weight excluding hydrogens is 542 g/mol. The van der Waals surface area contributed by atoms with Crippen molar-refractivity contribution >= 4 is 40.8 Å². The maximum atomic E-state index is 14.4. The van der Waals surface area contributed by atoms with E-state index in [0.29, 0.717) is 11.4 Å². The third kappa shape index (κ3) is 5.79. The summed E-state index contributed by atoms with van der Waals surface area (Å²) >= 11 is 12.7. The molecule has 0 saturated carbocycles. The van der Waals surface area contributed by atoms with E-state index in [1.807, 2.05) is 12.1 Å². The quantitative estimate of drug-likeness (QED) is 0.256. The molecule has 5 rings (SSSR count). The zero-order valence-electron chi connectivity index (χ0n) is 20.1. The van der Waals surface area contributed by atoms with Crippen LogP contribution in [0.4, 0.5) is 10.2 Å². The molecule has 0 aliphatic carbocycles. The number of aromatic nitrogens is 4. The van der Waals surface area contributed by atoms with Gasteiger partial charge in [-0.1, -0.05) is 47.5 Å². The fourth-order valence-corrected chi connectivity index (χ4v) is 4.34. The van der Waals surface area contributed by atoms with Crippen LogP contribution in [0, 0.1) is 5.82 Å². The highest BCUT2D eigenvalue weighted by atomic mass is 35.5. The summed E-state index contributed by atoms with van der Waals surface area (Å²) < 4.78 is 15.8. The van der Waals surface area contributed by atoms with Crippen molar-refractivity contribution in [2.45, 2.75) is 6.54 Å². The standard InChI is InChI=1S/C28H19Cl2FN6O2/c29-21-14-22(30)20(13-19(21)26-23(31)10-6-12-33-26)27(38)35-25-15-24(36-37(25)18-8-2-1-3-9-18)28(39)34-16-17-7-4-5-11-32-17/h1-15H,16H2,(H,34,39)(H,35,38). The van der Waals surface area contributed by atoms with Crippen molar-refractivity contribution < 1.29 is 14.0 Å². The van der Waals surface area contributed by atoms with Gasteiger partial charge in [0.2, 0.25) is 0 Å². The summed E-state index contributed by atoms with van der Waals surface area (Å²) in [5, 5.41) is 10.1. The Kier molecular flexibility index (Phi) is 7.62. The number of hydrogen-bond donors (Lipinski definition) is 2. The van der Waals surface area contributed by atoms with Crippen molar-refractivity contribution in [1.29, 1.82) is 0 Å². The molecule has 0 aliphatic rings. The Hall–Kier alpha value is -4.60. The summed E-state index contributed by atoms with van der Waals surface area (Å²) in [4.78, 5) is 34.5. The Labute approximate surface area is 232 Å². The number of benzene rings is 2. The smallest absolute Gasteiger partial charge is 0.272 e. The molecule has 0 saturated heterocycles. The first-order chi connectivity index (χ1) is 18.9. The lowest BCUT2D eigenvalue weighted by atomic mass is 10.1. The second-order valence-corrected chi connectivity index (χ2v) is 9.08. The largest absolute Gasteiger partial charge is 0.345 e. The number of pyridine rings is 2. The van der Waals surface area contributed by atoms with Gasteiger partial charge in [-0.25, -0.2) is 9.07 Å². The fourth-order valence-electron chi connectivity index (χ4n) is 3.78. The number of nitrogens with one attached hydrogen (secondary N) is 2. The lowest BCUT2D eigenvalue weighted by Crippen LogP contribution is -2.23. The second-order valence-electron chi connectivity index (χ2n) is 8.27. The minimum Gasteiger partial charge on any atom is -0.345 e. The van der Waals surface area contributed by atoms with E-state index in [2.05, 4.69) is 25.7 Å². The number of rotatable bonds is 7. The third-order valence-corrected chi connectivity index (χ3v) is 6.28. The predicted octanol–water partition coefficient (Wildman–Crippen LogP) is 5.96. The number of carbonyl (C=O) groups excluding carboxylic acids is 2. The highest BCUT2D eigenvalue weighted by molar-refractivity contribution is 6.38. The number of halogens is 3. The summed E-state index contributed by atoms with van der Waals surface area (Å²) in [7, 11) is 0. The van der Waals surface area contributed by atoms with Crippen LogP contribution in [0.1, 0.15) is 26.5 Å². The summed E-state index contributed by atoms with van der Waals surface area (Å²) in [5.41, 5.74) is 1.57. The van der Waals surface area contributed by atoms with E-state index in [0.717, 1.165) is 0 Å². The molecule has 2 amide bonds. The summed E-state index contributed by atoms with van der Waals surface area (Å²) in [6.45, 7) is 0.201. The normalized spacial score (nSPS) is 10.7. The van der Waals surface area contributed by atoms with Gasteiger partial charge in [-0.05, 0) is 48.5 Å². The van der Waals surface area contributed by atoms with E-state index < -0.39 is 17.6 Å². The maximum Gasteiger partial charge on any atom is 0.272 e. The molecule has 0 spiro atoms. The van der Waals surface area contributed by atoms with E-state index in [-0.39, 0.29) is 44.9 Å². The van der Waals surface area contributed by atoms with Crippen LogP contribution < -0.4 is 10.6 Å². The van der Waals surface area contributed by atoms with Gasteiger partial charge in [0.05, 0.1) is 33.5 Å². The van der Waals surface area contributed by atoms with Crippen LogP contribution in [0.25, 0.3) is 16.9 Å². The first kappa shape index (κ1) is 26.0. The van der Waals surface area contributed by atoms with E-state index >= 15 is 0 Å². The number of anilines is 1. The number of carbonyl (C=O) groups is 2. The van der Waals surface area contributed by atoms with E-state index in [9.17, 15) is 14.0 Å². The number of nitrogens with zero attached hydrogens (tertiary/aromatic N) is 4. The Morgan fingerprint density at radius 2 is 1.62 bits per heavy atom. The van der Waals surface area contributed by atoms with Crippen LogP contribution >= 0.6 is 23.2 Å². The Morgan fingerprint density at radius 3 is 2.36 bits per heavy atom. The van der Waals surface area contributed by atoms with Crippen molar-refractivity contribution in [3.05, 3.63) is 124 Å². The number of para-hydroxylation sites is 1. The van der Waals surface area contributed by atoms with Gasteiger partial charge in [-0.3, -0.25) is 19.6 Å². The van der Waals surface area contributed by atoms with Crippen LogP contribution in [-0.4, -0.2) is 31.6 Å². The van der Waals surface area contributed by atoms with Crippen LogP contribution in [0.5, 0.6) is 0 Å². The molecule has 0 radical (unpaired) electrons. The Balaban J connectivity index is 1.46.